The molecule has 3 unspecified atom stereocenters. The number of aryl methyl sites for hydroxylation is 2. The number of hydrogen-bond acceptors (Lipinski definition) is 2. The summed E-state index contributed by atoms with van der Waals surface area (Å²) in [6, 6.07) is 6.18. The van der Waals surface area contributed by atoms with Gasteiger partial charge in [-0.05, 0) is 38.7 Å². The molecule has 3 nitrogen and oxygen atoms in total. The monoisotopic (exact) mass is 312 g/mol. The van der Waals surface area contributed by atoms with Crippen LogP contribution in [0.4, 0.5) is 0 Å². The third-order valence-corrected chi connectivity index (χ3v) is 3.77. The highest BCUT2D eigenvalue weighted by molar-refractivity contribution is 5.85. The van der Waals surface area contributed by atoms with Crippen molar-refractivity contribution in [3.63, 3.8) is 0 Å². The zero-order valence-corrected chi connectivity index (χ0v) is 14.6. The summed E-state index contributed by atoms with van der Waals surface area (Å²) in [5, 5.41) is 3.02. The molecular formula is C17H29ClN2O. The van der Waals surface area contributed by atoms with Crippen molar-refractivity contribution in [1.82, 2.24) is 5.32 Å². The summed E-state index contributed by atoms with van der Waals surface area (Å²) in [5.74, 6) is 0.166. The number of carbonyl (C=O) groups excluding carboxylic acids is 1. The van der Waals surface area contributed by atoms with Gasteiger partial charge in [0.2, 0.25) is 5.91 Å². The number of rotatable bonds is 6. The van der Waals surface area contributed by atoms with Crippen LogP contribution in [0, 0.1) is 19.8 Å². The Bertz CT molecular complexity index is 442. The van der Waals surface area contributed by atoms with Crippen LogP contribution in [0.3, 0.4) is 0 Å². The number of amides is 1. The summed E-state index contributed by atoms with van der Waals surface area (Å²) in [4.78, 5) is 12.0. The number of benzene rings is 1. The lowest BCUT2D eigenvalue weighted by Gasteiger charge is -2.21. The van der Waals surface area contributed by atoms with Crippen LogP contribution in [-0.2, 0) is 11.2 Å². The highest BCUT2D eigenvalue weighted by Gasteiger charge is 2.20. The maximum absolute atomic E-state index is 12.0. The molecule has 1 aromatic rings. The average molecular weight is 313 g/mol. The van der Waals surface area contributed by atoms with Gasteiger partial charge in [-0.2, -0.15) is 0 Å². The topological polar surface area (TPSA) is 55.1 Å². The number of nitrogens with one attached hydrogen (secondary N) is 1. The average Bonchev–Trinajstić information content (AvgIpc) is 2.35. The van der Waals surface area contributed by atoms with Crippen LogP contribution in [0.15, 0.2) is 18.2 Å². The standard InChI is InChI=1S/C17H28N2O.ClH/c1-6-13(4)16(18)17(20)19-14(5)10-15-8-11(2)7-12(3)9-15;/h7-9,13-14,16H,6,10,18H2,1-5H3,(H,19,20);1H. The fraction of sp³-hybridized carbons (Fsp3) is 0.588. The first kappa shape index (κ1) is 19.9. The van der Waals surface area contributed by atoms with E-state index in [1.54, 1.807) is 0 Å². The van der Waals surface area contributed by atoms with E-state index in [1.165, 1.54) is 16.7 Å². The second kappa shape index (κ2) is 9.06. The summed E-state index contributed by atoms with van der Waals surface area (Å²) < 4.78 is 0. The van der Waals surface area contributed by atoms with Gasteiger partial charge >= 0.3 is 0 Å². The minimum Gasteiger partial charge on any atom is -0.352 e. The summed E-state index contributed by atoms with van der Waals surface area (Å²) >= 11 is 0. The van der Waals surface area contributed by atoms with E-state index >= 15 is 0 Å². The van der Waals surface area contributed by atoms with Crippen LogP contribution >= 0.6 is 12.4 Å². The van der Waals surface area contributed by atoms with Crippen LogP contribution in [0.2, 0.25) is 0 Å². The SMILES string of the molecule is CCC(C)C(N)C(=O)NC(C)Cc1cc(C)cc(C)c1.Cl. The fourth-order valence-corrected chi connectivity index (χ4v) is 2.44. The zero-order chi connectivity index (χ0) is 15.3. The minimum absolute atomic E-state index is 0. The molecule has 3 atom stereocenters. The van der Waals surface area contributed by atoms with Crippen molar-refractivity contribution < 1.29 is 4.79 Å². The van der Waals surface area contributed by atoms with Gasteiger partial charge < -0.3 is 11.1 Å². The molecule has 120 valence electrons. The first-order valence-corrected chi connectivity index (χ1v) is 7.46. The normalized spacial score (nSPS) is 14.8. The molecule has 0 aliphatic heterocycles. The Morgan fingerprint density at radius 3 is 2.19 bits per heavy atom. The number of nitrogens with two attached hydrogens (primary N) is 1. The van der Waals surface area contributed by atoms with Crippen molar-refractivity contribution in [3.8, 4) is 0 Å². The van der Waals surface area contributed by atoms with E-state index in [4.69, 9.17) is 5.73 Å². The van der Waals surface area contributed by atoms with Gasteiger partial charge in [0.25, 0.3) is 0 Å². The molecule has 0 fully saturated rings. The molecule has 0 radical (unpaired) electrons. The third kappa shape index (κ3) is 6.49. The first-order chi connectivity index (χ1) is 9.33. The molecule has 21 heavy (non-hydrogen) atoms. The van der Waals surface area contributed by atoms with E-state index in [9.17, 15) is 4.79 Å². The van der Waals surface area contributed by atoms with E-state index < -0.39 is 6.04 Å². The Hall–Kier alpha value is -1.06. The van der Waals surface area contributed by atoms with Crippen LogP contribution in [0.5, 0.6) is 0 Å². The molecule has 0 saturated heterocycles. The van der Waals surface area contributed by atoms with Crippen LogP contribution in [-0.4, -0.2) is 18.0 Å². The van der Waals surface area contributed by atoms with Gasteiger partial charge in [-0.15, -0.1) is 12.4 Å². The Balaban J connectivity index is 0.00000400. The lowest BCUT2D eigenvalue weighted by Crippen LogP contribution is -2.48. The third-order valence-electron chi connectivity index (χ3n) is 3.77. The Kier molecular flexibility index (Phi) is 8.60. The maximum Gasteiger partial charge on any atom is 0.237 e. The largest absolute Gasteiger partial charge is 0.352 e. The first-order valence-electron chi connectivity index (χ1n) is 7.46. The quantitative estimate of drug-likeness (QED) is 0.848. The lowest BCUT2D eigenvalue weighted by molar-refractivity contribution is -0.124. The lowest BCUT2D eigenvalue weighted by atomic mass is 9.98. The van der Waals surface area contributed by atoms with Crippen molar-refractivity contribution in [1.29, 1.82) is 0 Å². The van der Waals surface area contributed by atoms with Crippen molar-refractivity contribution in [2.24, 2.45) is 11.7 Å². The highest BCUT2D eigenvalue weighted by Crippen LogP contribution is 2.11. The number of hydrogen-bond donors (Lipinski definition) is 2. The number of halogens is 1. The fourth-order valence-electron chi connectivity index (χ4n) is 2.44. The van der Waals surface area contributed by atoms with Crippen molar-refractivity contribution in [2.75, 3.05) is 0 Å². The van der Waals surface area contributed by atoms with Crippen LogP contribution < -0.4 is 11.1 Å². The molecule has 4 heteroatoms. The molecule has 0 aromatic heterocycles. The molecule has 0 spiro atoms. The van der Waals surface area contributed by atoms with Gasteiger partial charge in [-0.3, -0.25) is 4.79 Å². The van der Waals surface area contributed by atoms with E-state index in [2.05, 4.69) is 44.3 Å². The Labute approximate surface area is 135 Å². The molecule has 0 aliphatic carbocycles. The van der Waals surface area contributed by atoms with Crippen LogP contribution in [0.25, 0.3) is 0 Å². The van der Waals surface area contributed by atoms with Gasteiger partial charge in [-0.25, -0.2) is 0 Å². The molecule has 0 bridgehead atoms. The predicted molar refractivity (Wildman–Crippen MR) is 91.9 cm³/mol. The zero-order valence-electron chi connectivity index (χ0n) is 13.8. The van der Waals surface area contributed by atoms with Crippen molar-refractivity contribution in [3.05, 3.63) is 34.9 Å². The Morgan fingerprint density at radius 1 is 1.19 bits per heavy atom. The molecule has 3 N–H and O–H groups in total. The maximum atomic E-state index is 12.0. The predicted octanol–water partition coefficient (Wildman–Crippen LogP) is 3.15. The summed E-state index contributed by atoms with van der Waals surface area (Å²) in [7, 11) is 0. The van der Waals surface area contributed by atoms with Gasteiger partial charge in [0.15, 0.2) is 0 Å². The smallest absolute Gasteiger partial charge is 0.237 e. The molecule has 1 rings (SSSR count). The van der Waals surface area contributed by atoms with E-state index in [0.29, 0.717) is 0 Å². The highest BCUT2D eigenvalue weighted by atomic mass is 35.5. The molecule has 0 heterocycles. The van der Waals surface area contributed by atoms with Gasteiger partial charge in [0, 0.05) is 6.04 Å². The van der Waals surface area contributed by atoms with E-state index in [0.717, 1.165) is 12.8 Å². The van der Waals surface area contributed by atoms with E-state index in [-0.39, 0.29) is 30.3 Å². The van der Waals surface area contributed by atoms with Gasteiger partial charge in [0.05, 0.1) is 6.04 Å². The second-order valence-electron chi connectivity index (χ2n) is 6.02. The summed E-state index contributed by atoms with van der Waals surface area (Å²) in [6.07, 6.45) is 1.75. The van der Waals surface area contributed by atoms with Gasteiger partial charge in [-0.1, -0.05) is 49.6 Å². The Morgan fingerprint density at radius 2 is 1.71 bits per heavy atom. The molecule has 1 amide bonds. The minimum atomic E-state index is -0.415. The summed E-state index contributed by atoms with van der Waals surface area (Å²) in [5.41, 5.74) is 9.72. The molecule has 0 aliphatic rings. The van der Waals surface area contributed by atoms with Gasteiger partial charge in [0.1, 0.15) is 0 Å². The van der Waals surface area contributed by atoms with E-state index in [1.807, 2.05) is 13.8 Å². The second-order valence-corrected chi connectivity index (χ2v) is 6.02. The summed E-state index contributed by atoms with van der Waals surface area (Å²) in [6.45, 7) is 10.3. The number of carbonyl (C=O) groups is 1. The molecule has 1 aromatic carbocycles. The molecule has 0 saturated carbocycles. The van der Waals surface area contributed by atoms with Crippen molar-refractivity contribution >= 4 is 18.3 Å². The molecular weight excluding hydrogens is 284 g/mol. The van der Waals surface area contributed by atoms with Crippen LogP contribution in [0.1, 0.15) is 43.9 Å². The van der Waals surface area contributed by atoms with Crippen molar-refractivity contribution in [2.45, 2.75) is 59.5 Å².